The number of fused-ring (bicyclic) bond motifs is 1. The van der Waals surface area contributed by atoms with Crippen molar-refractivity contribution in [1.82, 2.24) is 0 Å². The van der Waals surface area contributed by atoms with Crippen molar-refractivity contribution in [2.24, 2.45) is 29.1 Å². The van der Waals surface area contributed by atoms with Gasteiger partial charge in [0.15, 0.2) is 8.32 Å². The minimum absolute atomic E-state index is 0.0784. The van der Waals surface area contributed by atoms with Crippen molar-refractivity contribution in [2.75, 3.05) is 0 Å². The van der Waals surface area contributed by atoms with E-state index in [0.29, 0.717) is 25.7 Å². The summed E-state index contributed by atoms with van der Waals surface area (Å²) in [7, 11) is -2.00. The van der Waals surface area contributed by atoms with Gasteiger partial charge in [-0.1, -0.05) is 53.7 Å². The summed E-state index contributed by atoms with van der Waals surface area (Å²) in [4.78, 5) is 25.7. The molecule has 7 heteroatoms. The topological polar surface area (TPSA) is 82.1 Å². The van der Waals surface area contributed by atoms with Gasteiger partial charge in [0.1, 0.15) is 12.2 Å². The molecular weight excluding hydrogens is 496 g/mol. The molecule has 3 aliphatic rings. The SMILES string of the molecule is CCC(C)(C)C(=O)O[C@H]1C[C@@H](C)C[C@]2(O)C=C[C@H](C)[C@H](CC[C@@H]3C[C@@H](O[Si](C)(C)C(C)(C)C)CC(=O)O3)[C@H]12. The monoisotopic (exact) mass is 550 g/mol. The number of esters is 2. The summed E-state index contributed by atoms with van der Waals surface area (Å²) in [5.74, 6) is 0.0689. The van der Waals surface area contributed by atoms with Crippen molar-refractivity contribution in [3.63, 3.8) is 0 Å². The third-order valence-electron chi connectivity index (χ3n) is 10.1. The summed E-state index contributed by atoms with van der Waals surface area (Å²) in [5, 5.41) is 11.9. The smallest absolute Gasteiger partial charge is 0.311 e. The lowest BCUT2D eigenvalue weighted by molar-refractivity contribution is -0.184. The molecule has 38 heavy (non-hydrogen) atoms. The van der Waals surface area contributed by atoms with Gasteiger partial charge in [0.2, 0.25) is 0 Å². The average molecular weight is 551 g/mol. The minimum Gasteiger partial charge on any atom is -0.462 e. The van der Waals surface area contributed by atoms with Crippen molar-refractivity contribution in [3.05, 3.63) is 12.2 Å². The fraction of sp³-hybridized carbons (Fsp3) is 0.871. The Bertz CT molecular complexity index is 889. The van der Waals surface area contributed by atoms with Crippen LogP contribution in [-0.2, 0) is 23.5 Å². The zero-order chi connectivity index (χ0) is 28.7. The molecule has 0 aromatic heterocycles. The number of carbonyl (C=O) groups is 2. The normalized spacial score (nSPS) is 36.4. The van der Waals surface area contributed by atoms with Gasteiger partial charge < -0.3 is 19.0 Å². The second kappa shape index (κ2) is 11.4. The van der Waals surface area contributed by atoms with Crippen LogP contribution < -0.4 is 0 Å². The largest absolute Gasteiger partial charge is 0.462 e. The van der Waals surface area contributed by atoms with Gasteiger partial charge in [-0.2, -0.15) is 0 Å². The molecule has 0 spiro atoms. The molecule has 218 valence electrons. The van der Waals surface area contributed by atoms with Crippen LogP contribution in [0, 0.1) is 29.1 Å². The van der Waals surface area contributed by atoms with Gasteiger partial charge in [-0.15, -0.1) is 0 Å². The highest BCUT2D eigenvalue weighted by molar-refractivity contribution is 6.74. The molecular formula is C31H54O6Si. The van der Waals surface area contributed by atoms with Gasteiger partial charge in [0.05, 0.1) is 23.5 Å². The summed E-state index contributed by atoms with van der Waals surface area (Å²) in [6.07, 6.45) is 8.13. The van der Waals surface area contributed by atoms with E-state index in [1.54, 1.807) is 0 Å². The average Bonchev–Trinajstić information content (AvgIpc) is 2.77. The van der Waals surface area contributed by atoms with Gasteiger partial charge in [-0.3, -0.25) is 9.59 Å². The number of hydrogen-bond donors (Lipinski definition) is 1. The van der Waals surface area contributed by atoms with Crippen molar-refractivity contribution >= 4 is 20.3 Å². The van der Waals surface area contributed by atoms with Crippen LogP contribution in [0.3, 0.4) is 0 Å². The Kier molecular flexibility index (Phi) is 9.37. The highest BCUT2D eigenvalue weighted by Gasteiger charge is 2.53. The van der Waals surface area contributed by atoms with Crippen LogP contribution in [-0.4, -0.2) is 49.3 Å². The molecule has 3 rings (SSSR count). The molecule has 2 aliphatic carbocycles. The van der Waals surface area contributed by atoms with Gasteiger partial charge in [-0.25, -0.2) is 0 Å². The standard InChI is InChI=1S/C31H54O6Si/c1-11-30(7,8)28(33)36-25-16-20(2)19-31(34)15-14-21(3)24(27(25)31)13-12-22-17-23(18-26(32)35-22)37-38(9,10)29(4,5)6/h14-15,20-25,27,34H,11-13,16-19H2,1-10H3/t20-,21+,22-,23-,24+,25+,27-,31-/m1/s1. The Morgan fingerprint density at radius 2 is 1.82 bits per heavy atom. The summed E-state index contributed by atoms with van der Waals surface area (Å²) >= 11 is 0. The number of cyclic esters (lactones) is 1. The Morgan fingerprint density at radius 3 is 2.42 bits per heavy atom. The third-order valence-corrected chi connectivity index (χ3v) is 14.7. The van der Waals surface area contributed by atoms with Gasteiger partial charge in [0.25, 0.3) is 0 Å². The van der Waals surface area contributed by atoms with Crippen molar-refractivity contribution in [3.8, 4) is 0 Å². The molecule has 0 aromatic carbocycles. The number of allylic oxidation sites excluding steroid dienone is 1. The second-order valence-corrected chi connectivity index (χ2v) is 19.5. The lowest BCUT2D eigenvalue weighted by Gasteiger charge is -2.52. The van der Waals surface area contributed by atoms with Crippen LogP contribution in [0.5, 0.6) is 0 Å². The lowest BCUT2D eigenvalue weighted by Crippen LogP contribution is -2.56. The van der Waals surface area contributed by atoms with Gasteiger partial charge in [0, 0.05) is 12.3 Å². The number of ether oxygens (including phenoxy) is 2. The number of carbonyl (C=O) groups excluding carboxylic acids is 2. The van der Waals surface area contributed by atoms with Crippen molar-refractivity contribution in [2.45, 2.75) is 142 Å². The first-order valence-electron chi connectivity index (χ1n) is 14.9. The third kappa shape index (κ3) is 6.93. The van der Waals surface area contributed by atoms with Gasteiger partial charge in [-0.05, 0) is 81.8 Å². The Balaban J connectivity index is 1.76. The van der Waals surface area contributed by atoms with E-state index in [1.165, 1.54) is 0 Å². The number of aliphatic hydroxyl groups is 1. The quantitative estimate of drug-likeness (QED) is 0.203. The second-order valence-electron chi connectivity index (χ2n) is 14.8. The maximum Gasteiger partial charge on any atom is 0.311 e. The minimum atomic E-state index is -2.00. The molecule has 2 fully saturated rings. The molecule has 1 N–H and O–H groups in total. The Hall–Kier alpha value is -1.18. The Morgan fingerprint density at radius 1 is 1.16 bits per heavy atom. The van der Waals surface area contributed by atoms with Crippen molar-refractivity contribution in [1.29, 1.82) is 0 Å². The molecule has 1 heterocycles. The maximum absolute atomic E-state index is 13.1. The predicted octanol–water partition coefficient (Wildman–Crippen LogP) is 6.81. The van der Waals surface area contributed by atoms with Gasteiger partial charge >= 0.3 is 11.9 Å². The highest BCUT2D eigenvalue weighted by atomic mass is 28.4. The predicted molar refractivity (Wildman–Crippen MR) is 153 cm³/mol. The Labute approximate surface area is 232 Å². The molecule has 1 saturated carbocycles. The first kappa shape index (κ1) is 31.3. The van der Waals surface area contributed by atoms with Crippen LogP contribution >= 0.6 is 0 Å². The van der Waals surface area contributed by atoms with E-state index in [-0.39, 0.29) is 59.0 Å². The van der Waals surface area contributed by atoms with Crippen LogP contribution in [0.1, 0.15) is 100 Å². The maximum atomic E-state index is 13.1. The van der Waals surface area contributed by atoms with E-state index in [4.69, 9.17) is 13.9 Å². The highest BCUT2D eigenvalue weighted by Crippen LogP contribution is 2.50. The van der Waals surface area contributed by atoms with E-state index < -0.39 is 19.3 Å². The first-order valence-corrected chi connectivity index (χ1v) is 17.8. The van der Waals surface area contributed by atoms with E-state index >= 15 is 0 Å². The number of rotatable bonds is 8. The summed E-state index contributed by atoms with van der Waals surface area (Å²) in [6.45, 7) is 21.3. The van der Waals surface area contributed by atoms with E-state index in [2.05, 4.69) is 53.8 Å². The fourth-order valence-corrected chi connectivity index (χ4v) is 7.71. The van der Waals surface area contributed by atoms with E-state index in [1.807, 2.05) is 26.8 Å². The molecule has 0 unspecified atom stereocenters. The summed E-state index contributed by atoms with van der Waals surface area (Å²) < 4.78 is 18.6. The number of hydrogen-bond acceptors (Lipinski definition) is 6. The molecule has 0 radical (unpaired) electrons. The van der Waals surface area contributed by atoms with Crippen LogP contribution in [0.15, 0.2) is 12.2 Å². The molecule has 0 aromatic rings. The molecule has 6 nitrogen and oxygen atoms in total. The fourth-order valence-electron chi connectivity index (χ4n) is 6.34. The summed E-state index contributed by atoms with van der Waals surface area (Å²) in [6, 6.07) is 0. The van der Waals surface area contributed by atoms with Crippen LogP contribution in [0.2, 0.25) is 18.1 Å². The van der Waals surface area contributed by atoms with Crippen LogP contribution in [0.4, 0.5) is 0 Å². The zero-order valence-corrected chi connectivity index (χ0v) is 26.6. The molecule has 0 bridgehead atoms. The first-order chi connectivity index (χ1) is 17.4. The van der Waals surface area contributed by atoms with E-state index in [9.17, 15) is 14.7 Å². The van der Waals surface area contributed by atoms with Crippen molar-refractivity contribution < 1.29 is 28.6 Å². The zero-order valence-electron chi connectivity index (χ0n) is 25.6. The summed E-state index contributed by atoms with van der Waals surface area (Å²) in [5.41, 5.74) is -1.55. The molecule has 0 amide bonds. The molecule has 8 atom stereocenters. The lowest BCUT2D eigenvalue weighted by atomic mass is 9.58. The molecule has 1 aliphatic heterocycles. The van der Waals surface area contributed by atoms with Crippen LogP contribution in [0.25, 0.3) is 0 Å². The van der Waals surface area contributed by atoms with E-state index in [0.717, 1.165) is 19.3 Å². The molecule has 1 saturated heterocycles.